The van der Waals surface area contributed by atoms with Gasteiger partial charge in [-0.3, -0.25) is 14.8 Å². The lowest BCUT2D eigenvalue weighted by Crippen LogP contribution is -2.38. The summed E-state index contributed by atoms with van der Waals surface area (Å²) in [6.45, 7) is 0. The maximum absolute atomic E-state index is 14.0. The molecule has 0 saturated carbocycles. The minimum atomic E-state index is -0.507. The molecule has 0 radical (unpaired) electrons. The zero-order valence-electron chi connectivity index (χ0n) is 16.4. The molecule has 0 saturated heterocycles. The zero-order valence-corrected chi connectivity index (χ0v) is 17.9. The molecule has 0 N–H and O–H groups in total. The molecular formula is C24H15Cl2F2N3O. The Morgan fingerprint density at radius 2 is 1.06 bits per heavy atom. The number of benzene rings is 3. The summed E-state index contributed by atoms with van der Waals surface area (Å²) in [5, 5.41) is 0.609. The second kappa shape index (κ2) is 9.34. The highest BCUT2D eigenvalue weighted by molar-refractivity contribution is 6.42. The minimum absolute atomic E-state index is 0.270. The number of nitrogens with zero attached hydrogens (tertiary/aromatic N) is 3. The number of anilines is 4. The number of pyridine rings is 1. The van der Waals surface area contributed by atoms with E-state index in [0.717, 1.165) is 0 Å². The number of halogens is 4. The Labute approximate surface area is 193 Å². The van der Waals surface area contributed by atoms with Crippen LogP contribution in [0, 0.1) is 11.6 Å². The van der Waals surface area contributed by atoms with Crippen LogP contribution in [0.3, 0.4) is 0 Å². The van der Waals surface area contributed by atoms with Gasteiger partial charge in [0.15, 0.2) is 0 Å². The Hall–Kier alpha value is -3.48. The summed E-state index contributed by atoms with van der Waals surface area (Å²) in [5.41, 5.74) is 1.74. The van der Waals surface area contributed by atoms with Crippen molar-refractivity contribution in [3.63, 3.8) is 0 Å². The maximum Gasteiger partial charge on any atom is 0.338 e. The molecule has 0 bridgehead atoms. The van der Waals surface area contributed by atoms with Gasteiger partial charge in [0.2, 0.25) is 0 Å². The summed E-state index contributed by atoms with van der Waals surface area (Å²) in [6, 6.07) is 18.5. The molecular weight excluding hydrogens is 455 g/mol. The van der Waals surface area contributed by atoms with E-state index in [2.05, 4.69) is 4.98 Å². The van der Waals surface area contributed by atoms with Crippen molar-refractivity contribution in [1.29, 1.82) is 0 Å². The SMILES string of the molecule is O=C(N(c1ccc(F)cc1)c1ccc(F)cc1)N(c1ccncc1)c1ccc(Cl)c(Cl)c1. The Morgan fingerprint density at radius 1 is 0.625 bits per heavy atom. The van der Waals surface area contributed by atoms with Crippen LogP contribution in [0.15, 0.2) is 91.3 Å². The molecule has 2 amide bonds. The van der Waals surface area contributed by atoms with Gasteiger partial charge in [0, 0.05) is 12.4 Å². The molecule has 0 unspecified atom stereocenters. The maximum atomic E-state index is 14.0. The highest BCUT2D eigenvalue weighted by Crippen LogP contribution is 2.35. The summed E-state index contributed by atoms with van der Waals surface area (Å²) >= 11 is 12.3. The van der Waals surface area contributed by atoms with Crippen LogP contribution in [0.2, 0.25) is 10.0 Å². The lowest BCUT2D eigenvalue weighted by Gasteiger charge is -2.31. The monoisotopic (exact) mass is 469 g/mol. The Kier molecular flexibility index (Phi) is 6.35. The minimum Gasteiger partial charge on any atom is -0.265 e. The number of amides is 2. The molecule has 0 atom stereocenters. The molecule has 0 spiro atoms. The van der Waals surface area contributed by atoms with Gasteiger partial charge < -0.3 is 0 Å². The molecule has 4 aromatic rings. The van der Waals surface area contributed by atoms with Gasteiger partial charge >= 0.3 is 6.03 Å². The number of carbonyl (C=O) groups excluding carboxylic acids is 1. The number of rotatable bonds is 4. The topological polar surface area (TPSA) is 36.4 Å². The molecule has 32 heavy (non-hydrogen) atoms. The lowest BCUT2D eigenvalue weighted by molar-refractivity contribution is 0.255. The third-order valence-electron chi connectivity index (χ3n) is 4.63. The zero-order chi connectivity index (χ0) is 22.7. The molecule has 4 rings (SSSR count). The van der Waals surface area contributed by atoms with E-state index in [4.69, 9.17) is 23.2 Å². The number of urea groups is 1. The van der Waals surface area contributed by atoms with E-state index in [9.17, 15) is 13.6 Å². The highest BCUT2D eigenvalue weighted by atomic mass is 35.5. The number of carbonyl (C=O) groups is 1. The molecule has 0 aliphatic rings. The van der Waals surface area contributed by atoms with E-state index in [0.29, 0.717) is 27.8 Å². The van der Waals surface area contributed by atoms with Crippen LogP contribution in [0.25, 0.3) is 0 Å². The van der Waals surface area contributed by atoms with Crippen molar-refractivity contribution in [2.75, 3.05) is 9.80 Å². The first-order chi connectivity index (χ1) is 15.4. The first-order valence-electron chi connectivity index (χ1n) is 9.44. The van der Waals surface area contributed by atoms with Gasteiger partial charge in [0.25, 0.3) is 0 Å². The van der Waals surface area contributed by atoms with Gasteiger partial charge in [0.1, 0.15) is 11.6 Å². The van der Waals surface area contributed by atoms with Crippen LogP contribution < -0.4 is 9.80 Å². The first kappa shape index (κ1) is 21.7. The van der Waals surface area contributed by atoms with E-state index in [1.165, 1.54) is 58.3 Å². The fourth-order valence-corrected chi connectivity index (χ4v) is 3.43. The second-order valence-electron chi connectivity index (χ2n) is 6.71. The number of hydrogen-bond acceptors (Lipinski definition) is 2. The summed E-state index contributed by atoms with van der Waals surface area (Å²) in [7, 11) is 0. The molecule has 3 aromatic carbocycles. The fourth-order valence-electron chi connectivity index (χ4n) is 3.14. The third-order valence-corrected chi connectivity index (χ3v) is 5.37. The Bertz CT molecular complexity index is 1190. The van der Waals surface area contributed by atoms with Crippen molar-refractivity contribution in [3.05, 3.63) is 113 Å². The van der Waals surface area contributed by atoms with E-state index in [-0.39, 0.29) is 5.02 Å². The number of hydrogen-bond donors (Lipinski definition) is 0. The van der Waals surface area contributed by atoms with Gasteiger partial charge in [-0.2, -0.15) is 0 Å². The van der Waals surface area contributed by atoms with Crippen molar-refractivity contribution in [3.8, 4) is 0 Å². The molecule has 0 aliphatic carbocycles. The molecule has 1 heterocycles. The van der Waals surface area contributed by atoms with Crippen LogP contribution >= 0.6 is 23.2 Å². The van der Waals surface area contributed by atoms with Crippen molar-refractivity contribution < 1.29 is 13.6 Å². The molecule has 160 valence electrons. The van der Waals surface area contributed by atoms with Crippen LogP contribution in [-0.4, -0.2) is 11.0 Å². The van der Waals surface area contributed by atoms with Crippen molar-refractivity contribution in [1.82, 2.24) is 4.98 Å². The van der Waals surface area contributed by atoms with Gasteiger partial charge in [-0.15, -0.1) is 0 Å². The summed E-state index contributed by atoms with van der Waals surface area (Å²) in [4.78, 5) is 20.8. The van der Waals surface area contributed by atoms with E-state index in [1.54, 1.807) is 42.7 Å². The average Bonchev–Trinajstić information content (AvgIpc) is 2.80. The van der Waals surface area contributed by atoms with E-state index < -0.39 is 17.7 Å². The van der Waals surface area contributed by atoms with E-state index >= 15 is 0 Å². The second-order valence-corrected chi connectivity index (χ2v) is 7.52. The Morgan fingerprint density at radius 3 is 1.56 bits per heavy atom. The largest absolute Gasteiger partial charge is 0.338 e. The standard InChI is InChI=1S/C24H15Cl2F2N3O/c25-22-10-9-21(15-23(22)26)31(20-11-13-29-14-12-20)24(32)30(18-5-1-16(27)2-6-18)19-7-3-17(28)4-8-19/h1-15H. The lowest BCUT2D eigenvalue weighted by atomic mass is 10.2. The third kappa shape index (κ3) is 4.56. The highest BCUT2D eigenvalue weighted by Gasteiger charge is 2.27. The van der Waals surface area contributed by atoms with Crippen molar-refractivity contribution in [2.24, 2.45) is 0 Å². The summed E-state index contributed by atoms with van der Waals surface area (Å²) in [6.07, 6.45) is 3.10. The molecule has 0 aliphatic heterocycles. The van der Waals surface area contributed by atoms with E-state index in [1.807, 2.05) is 0 Å². The fraction of sp³-hybridized carbons (Fsp3) is 0. The molecule has 8 heteroatoms. The normalized spacial score (nSPS) is 10.6. The van der Waals surface area contributed by atoms with Crippen LogP contribution in [0.4, 0.5) is 36.3 Å². The van der Waals surface area contributed by atoms with Crippen molar-refractivity contribution in [2.45, 2.75) is 0 Å². The van der Waals surface area contributed by atoms with Gasteiger partial charge in [-0.05, 0) is 78.9 Å². The molecule has 4 nitrogen and oxygen atoms in total. The quantitative estimate of drug-likeness (QED) is 0.306. The summed E-state index contributed by atoms with van der Waals surface area (Å²) in [5.74, 6) is -0.897. The molecule has 0 fully saturated rings. The predicted octanol–water partition coefficient (Wildman–Crippen LogP) is 7.76. The Balaban J connectivity index is 1.88. The van der Waals surface area contributed by atoms with Crippen LogP contribution in [-0.2, 0) is 0 Å². The van der Waals surface area contributed by atoms with Crippen LogP contribution in [0.5, 0.6) is 0 Å². The predicted molar refractivity (Wildman–Crippen MR) is 123 cm³/mol. The summed E-state index contributed by atoms with van der Waals surface area (Å²) < 4.78 is 27.2. The van der Waals surface area contributed by atoms with Gasteiger partial charge in [-0.25, -0.2) is 13.6 Å². The van der Waals surface area contributed by atoms with Gasteiger partial charge in [0.05, 0.1) is 32.8 Å². The smallest absolute Gasteiger partial charge is 0.265 e. The van der Waals surface area contributed by atoms with Gasteiger partial charge in [-0.1, -0.05) is 23.2 Å². The van der Waals surface area contributed by atoms with Crippen LogP contribution in [0.1, 0.15) is 0 Å². The average molecular weight is 470 g/mol. The van der Waals surface area contributed by atoms with Crippen molar-refractivity contribution >= 4 is 52.0 Å². The molecule has 1 aromatic heterocycles. The number of aromatic nitrogens is 1. The first-order valence-corrected chi connectivity index (χ1v) is 10.2.